The lowest BCUT2D eigenvalue weighted by Gasteiger charge is -2.10. The summed E-state index contributed by atoms with van der Waals surface area (Å²) in [5, 5.41) is 4.08. The predicted octanol–water partition coefficient (Wildman–Crippen LogP) is 5.36. The van der Waals surface area contributed by atoms with Gasteiger partial charge in [0.05, 0.1) is 11.8 Å². The Morgan fingerprint density at radius 2 is 1.77 bits per heavy atom. The van der Waals surface area contributed by atoms with E-state index < -0.39 is 0 Å². The van der Waals surface area contributed by atoms with Crippen LogP contribution in [0.25, 0.3) is 0 Å². The molecule has 3 rings (SSSR count). The minimum atomic E-state index is -0.363. The summed E-state index contributed by atoms with van der Waals surface area (Å²) in [5.41, 5.74) is 4.70. The minimum absolute atomic E-state index is 0.363. The Morgan fingerprint density at radius 3 is 2.57 bits per heavy atom. The maximum atomic E-state index is 12.6. The summed E-state index contributed by atoms with van der Waals surface area (Å²) >= 11 is 3.43. The van der Waals surface area contributed by atoms with Crippen LogP contribution >= 0.6 is 15.9 Å². The topological polar surface area (TPSA) is 59.9 Å². The van der Waals surface area contributed by atoms with Crippen molar-refractivity contribution in [2.24, 2.45) is 5.10 Å². The molecule has 1 amide bonds. The van der Waals surface area contributed by atoms with Gasteiger partial charge in [-0.15, -0.1) is 0 Å². The number of hydrogen-bond donors (Lipinski definition) is 1. The van der Waals surface area contributed by atoms with Crippen molar-refractivity contribution in [3.05, 3.63) is 107 Å². The van der Waals surface area contributed by atoms with E-state index in [0.29, 0.717) is 30.3 Å². The highest BCUT2D eigenvalue weighted by molar-refractivity contribution is 9.10. The number of ether oxygens (including phenoxy) is 2. The standard InChI is InChI=1S/C24H21BrN2O3/c1-2-14-29-22-13-12-20(25)15-19(22)16-26-27-24(28)21-10-6-7-11-23(21)30-17-18-8-4-3-5-9-18/h2-13,15-16H,1,14,17H2,(H,27,28)/b26-16+. The van der Waals surface area contributed by atoms with Gasteiger partial charge in [0, 0.05) is 10.0 Å². The van der Waals surface area contributed by atoms with Gasteiger partial charge in [-0.05, 0) is 35.9 Å². The third-order valence-electron chi connectivity index (χ3n) is 4.07. The van der Waals surface area contributed by atoms with E-state index in [1.807, 2.05) is 54.6 Å². The van der Waals surface area contributed by atoms with Gasteiger partial charge in [-0.25, -0.2) is 5.43 Å². The summed E-state index contributed by atoms with van der Waals surface area (Å²) < 4.78 is 12.3. The van der Waals surface area contributed by atoms with Crippen LogP contribution in [0.3, 0.4) is 0 Å². The summed E-state index contributed by atoms with van der Waals surface area (Å²) in [6.45, 7) is 4.40. The Hall–Kier alpha value is -3.38. The number of nitrogens with zero attached hydrogens (tertiary/aromatic N) is 1. The van der Waals surface area contributed by atoms with Gasteiger partial charge in [-0.2, -0.15) is 5.10 Å². The molecule has 5 nitrogen and oxygen atoms in total. The van der Waals surface area contributed by atoms with Gasteiger partial charge in [0.2, 0.25) is 0 Å². The van der Waals surface area contributed by atoms with Crippen molar-refractivity contribution in [2.45, 2.75) is 6.61 Å². The summed E-state index contributed by atoms with van der Waals surface area (Å²) in [6.07, 6.45) is 3.20. The number of halogens is 1. The average Bonchev–Trinajstić information content (AvgIpc) is 2.78. The SMILES string of the molecule is C=CCOc1ccc(Br)cc1/C=N/NC(=O)c1ccccc1OCc1ccccc1. The summed E-state index contributed by atoms with van der Waals surface area (Å²) in [7, 11) is 0. The van der Waals surface area contributed by atoms with E-state index in [9.17, 15) is 4.79 Å². The predicted molar refractivity (Wildman–Crippen MR) is 122 cm³/mol. The highest BCUT2D eigenvalue weighted by Crippen LogP contribution is 2.22. The molecule has 0 aliphatic carbocycles. The number of benzene rings is 3. The molecule has 0 atom stereocenters. The highest BCUT2D eigenvalue weighted by Gasteiger charge is 2.12. The molecular weight excluding hydrogens is 444 g/mol. The van der Waals surface area contributed by atoms with Crippen molar-refractivity contribution in [2.75, 3.05) is 6.61 Å². The number of nitrogens with one attached hydrogen (secondary N) is 1. The third-order valence-corrected chi connectivity index (χ3v) is 4.56. The first-order valence-electron chi connectivity index (χ1n) is 9.30. The molecule has 0 saturated heterocycles. The summed E-state index contributed by atoms with van der Waals surface area (Å²) in [5.74, 6) is 0.771. The largest absolute Gasteiger partial charge is 0.489 e. The molecule has 0 radical (unpaired) electrons. The second-order valence-corrected chi connectivity index (χ2v) is 7.17. The monoisotopic (exact) mass is 464 g/mol. The lowest BCUT2D eigenvalue weighted by Crippen LogP contribution is -2.18. The first-order chi connectivity index (χ1) is 14.7. The maximum absolute atomic E-state index is 12.6. The van der Waals surface area contributed by atoms with Crippen molar-refractivity contribution >= 4 is 28.1 Å². The minimum Gasteiger partial charge on any atom is -0.489 e. The van der Waals surface area contributed by atoms with Crippen LogP contribution in [0.5, 0.6) is 11.5 Å². The van der Waals surface area contributed by atoms with Gasteiger partial charge < -0.3 is 9.47 Å². The molecule has 3 aromatic carbocycles. The molecule has 1 N–H and O–H groups in total. The van der Waals surface area contributed by atoms with Crippen LogP contribution in [0.1, 0.15) is 21.5 Å². The Balaban J connectivity index is 1.68. The molecule has 0 spiro atoms. The first-order valence-corrected chi connectivity index (χ1v) is 10.1. The van der Waals surface area contributed by atoms with Crippen molar-refractivity contribution in [3.63, 3.8) is 0 Å². The average molecular weight is 465 g/mol. The zero-order valence-electron chi connectivity index (χ0n) is 16.3. The number of hydrogen-bond acceptors (Lipinski definition) is 4. The Morgan fingerprint density at radius 1 is 1.00 bits per heavy atom. The lowest BCUT2D eigenvalue weighted by atomic mass is 10.2. The van der Waals surface area contributed by atoms with Crippen LogP contribution in [0.15, 0.2) is 95.0 Å². The number of carbonyl (C=O) groups excluding carboxylic acids is 1. The molecular formula is C24H21BrN2O3. The van der Waals surface area contributed by atoms with Crippen LogP contribution in [-0.4, -0.2) is 18.7 Å². The fourth-order valence-corrected chi connectivity index (χ4v) is 3.02. The molecule has 0 bridgehead atoms. The molecule has 0 fully saturated rings. The molecule has 3 aromatic rings. The van der Waals surface area contributed by atoms with Gasteiger partial charge >= 0.3 is 0 Å². The molecule has 0 saturated carbocycles. The van der Waals surface area contributed by atoms with Crippen LogP contribution in [0, 0.1) is 0 Å². The van der Waals surface area contributed by atoms with E-state index in [1.165, 1.54) is 6.21 Å². The van der Waals surface area contributed by atoms with E-state index in [1.54, 1.807) is 24.3 Å². The van der Waals surface area contributed by atoms with E-state index in [-0.39, 0.29) is 5.91 Å². The number of carbonyl (C=O) groups is 1. The van der Waals surface area contributed by atoms with Crippen molar-refractivity contribution in [1.82, 2.24) is 5.43 Å². The fourth-order valence-electron chi connectivity index (χ4n) is 2.64. The third kappa shape index (κ3) is 6.06. The molecule has 152 valence electrons. The second-order valence-electron chi connectivity index (χ2n) is 6.25. The van der Waals surface area contributed by atoms with Crippen molar-refractivity contribution < 1.29 is 14.3 Å². The van der Waals surface area contributed by atoms with Gasteiger partial charge in [-0.1, -0.05) is 71.0 Å². The van der Waals surface area contributed by atoms with Gasteiger partial charge in [0.1, 0.15) is 24.7 Å². The van der Waals surface area contributed by atoms with E-state index in [2.05, 4.69) is 33.0 Å². The summed E-state index contributed by atoms with van der Waals surface area (Å²) in [6, 6.07) is 22.4. The fraction of sp³-hybridized carbons (Fsp3) is 0.0833. The second kappa shape index (κ2) is 11.0. The highest BCUT2D eigenvalue weighted by atomic mass is 79.9. The lowest BCUT2D eigenvalue weighted by molar-refractivity contribution is 0.0950. The van der Waals surface area contributed by atoms with E-state index >= 15 is 0 Å². The smallest absolute Gasteiger partial charge is 0.275 e. The molecule has 0 aliphatic rings. The van der Waals surface area contributed by atoms with Crippen LogP contribution in [0.4, 0.5) is 0 Å². The van der Waals surface area contributed by atoms with Crippen LogP contribution < -0.4 is 14.9 Å². The van der Waals surface area contributed by atoms with Gasteiger partial charge in [0.25, 0.3) is 5.91 Å². The number of hydrazone groups is 1. The van der Waals surface area contributed by atoms with Gasteiger partial charge in [0.15, 0.2) is 0 Å². The van der Waals surface area contributed by atoms with Crippen molar-refractivity contribution in [3.8, 4) is 11.5 Å². The Labute approximate surface area is 184 Å². The maximum Gasteiger partial charge on any atom is 0.275 e. The quantitative estimate of drug-likeness (QED) is 0.263. The Bertz CT molecular complexity index is 1040. The molecule has 0 aromatic heterocycles. The molecule has 0 unspecified atom stereocenters. The van der Waals surface area contributed by atoms with Crippen LogP contribution in [0.2, 0.25) is 0 Å². The van der Waals surface area contributed by atoms with Crippen molar-refractivity contribution in [1.29, 1.82) is 0 Å². The first kappa shape index (κ1) is 21.3. The molecule has 6 heteroatoms. The molecule has 30 heavy (non-hydrogen) atoms. The number of para-hydroxylation sites is 1. The normalized spacial score (nSPS) is 10.6. The van der Waals surface area contributed by atoms with E-state index in [0.717, 1.165) is 15.6 Å². The zero-order chi connectivity index (χ0) is 21.2. The number of rotatable bonds is 9. The molecule has 0 heterocycles. The van der Waals surface area contributed by atoms with Crippen LogP contribution in [-0.2, 0) is 6.61 Å². The number of amides is 1. The summed E-state index contributed by atoms with van der Waals surface area (Å²) in [4.78, 5) is 12.6. The van der Waals surface area contributed by atoms with Gasteiger partial charge in [-0.3, -0.25) is 4.79 Å². The molecule has 0 aliphatic heterocycles. The van der Waals surface area contributed by atoms with E-state index in [4.69, 9.17) is 9.47 Å². The zero-order valence-corrected chi connectivity index (χ0v) is 17.8. The Kier molecular flexibility index (Phi) is 7.80.